The highest BCUT2D eigenvalue weighted by atomic mass is 16.1. The minimum absolute atomic E-state index is 0.0879. The SMILES string of the molecule is CCCC[C@H](CC)CNC(C)=O. The second-order valence-electron chi connectivity index (χ2n) is 3.35. The van der Waals surface area contributed by atoms with Gasteiger partial charge in [0.1, 0.15) is 0 Å². The number of hydrogen-bond donors (Lipinski definition) is 1. The lowest BCUT2D eigenvalue weighted by Crippen LogP contribution is -2.26. The maximum Gasteiger partial charge on any atom is 0.216 e. The highest BCUT2D eigenvalue weighted by molar-refractivity contribution is 5.72. The summed E-state index contributed by atoms with van der Waals surface area (Å²) >= 11 is 0. The minimum atomic E-state index is 0.0879. The van der Waals surface area contributed by atoms with E-state index >= 15 is 0 Å². The lowest BCUT2D eigenvalue weighted by atomic mass is 9.99. The molecule has 0 heterocycles. The zero-order chi connectivity index (χ0) is 9.40. The van der Waals surface area contributed by atoms with Gasteiger partial charge in [0, 0.05) is 13.5 Å². The van der Waals surface area contributed by atoms with E-state index in [2.05, 4.69) is 19.2 Å². The van der Waals surface area contributed by atoms with Crippen molar-refractivity contribution in [3.05, 3.63) is 0 Å². The van der Waals surface area contributed by atoms with Crippen molar-refractivity contribution in [3.8, 4) is 0 Å². The molecule has 0 aliphatic heterocycles. The molecule has 0 radical (unpaired) electrons. The standard InChI is InChI=1S/C10H21NO/c1-4-6-7-10(5-2)8-11-9(3)12/h10H,4-8H2,1-3H3,(H,11,12)/t10-/m0/s1. The number of rotatable bonds is 6. The minimum Gasteiger partial charge on any atom is -0.356 e. The van der Waals surface area contributed by atoms with E-state index in [9.17, 15) is 4.79 Å². The quantitative estimate of drug-likeness (QED) is 0.653. The van der Waals surface area contributed by atoms with E-state index in [-0.39, 0.29) is 5.91 Å². The van der Waals surface area contributed by atoms with Gasteiger partial charge >= 0.3 is 0 Å². The summed E-state index contributed by atoms with van der Waals surface area (Å²) in [4.78, 5) is 10.6. The van der Waals surface area contributed by atoms with Crippen LogP contribution in [-0.2, 0) is 4.79 Å². The Kier molecular flexibility index (Phi) is 6.82. The summed E-state index contributed by atoms with van der Waals surface area (Å²) in [5.41, 5.74) is 0. The van der Waals surface area contributed by atoms with Gasteiger partial charge < -0.3 is 5.32 Å². The molecule has 0 aromatic carbocycles. The summed E-state index contributed by atoms with van der Waals surface area (Å²) < 4.78 is 0. The van der Waals surface area contributed by atoms with E-state index in [1.807, 2.05) is 0 Å². The molecule has 0 bridgehead atoms. The number of amides is 1. The van der Waals surface area contributed by atoms with E-state index in [4.69, 9.17) is 0 Å². The van der Waals surface area contributed by atoms with Crippen LogP contribution >= 0.6 is 0 Å². The van der Waals surface area contributed by atoms with Crippen molar-refractivity contribution in [2.75, 3.05) is 6.54 Å². The van der Waals surface area contributed by atoms with Crippen LogP contribution in [0.1, 0.15) is 46.5 Å². The first-order valence-corrected chi connectivity index (χ1v) is 4.95. The van der Waals surface area contributed by atoms with Crippen LogP contribution in [-0.4, -0.2) is 12.5 Å². The van der Waals surface area contributed by atoms with Crippen molar-refractivity contribution < 1.29 is 4.79 Å². The number of carbonyl (C=O) groups excluding carboxylic acids is 1. The molecule has 0 fully saturated rings. The highest BCUT2D eigenvalue weighted by Crippen LogP contribution is 2.10. The predicted octanol–water partition coefficient (Wildman–Crippen LogP) is 2.34. The summed E-state index contributed by atoms with van der Waals surface area (Å²) in [5.74, 6) is 0.763. The summed E-state index contributed by atoms with van der Waals surface area (Å²) in [6.45, 7) is 6.81. The molecule has 0 unspecified atom stereocenters. The Morgan fingerprint density at radius 2 is 2.08 bits per heavy atom. The van der Waals surface area contributed by atoms with Crippen molar-refractivity contribution in [3.63, 3.8) is 0 Å². The summed E-state index contributed by atoms with van der Waals surface area (Å²) in [7, 11) is 0. The van der Waals surface area contributed by atoms with Crippen LogP contribution in [0.4, 0.5) is 0 Å². The van der Waals surface area contributed by atoms with Gasteiger partial charge in [-0.1, -0.05) is 33.1 Å². The molecule has 0 aromatic rings. The molecule has 12 heavy (non-hydrogen) atoms. The Bertz CT molecular complexity index is 123. The topological polar surface area (TPSA) is 29.1 Å². The largest absolute Gasteiger partial charge is 0.356 e. The Labute approximate surface area is 75.7 Å². The molecule has 1 N–H and O–H groups in total. The zero-order valence-corrected chi connectivity index (χ0v) is 8.52. The maximum atomic E-state index is 10.6. The number of carbonyl (C=O) groups is 1. The van der Waals surface area contributed by atoms with E-state index in [1.165, 1.54) is 25.7 Å². The van der Waals surface area contributed by atoms with Crippen LogP contribution in [0, 0.1) is 5.92 Å². The lowest BCUT2D eigenvalue weighted by molar-refractivity contribution is -0.119. The molecule has 0 spiro atoms. The van der Waals surface area contributed by atoms with Crippen molar-refractivity contribution >= 4 is 5.91 Å². The molecule has 2 nitrogen and oxygen atoms in total. The van der Waals surface area contributed by atoms with Gasteiger partial charge in [-0.05, 0) is 12.3 Å². The molecular formula is C10H21NO. The Morgan fingerprint density at radius 1 is 1.42 bits per heavy atom. The van der Waals surface area contributed by atoms with Crippen LogP contribution in [0.5, 0.6) is 0 Å². The maximum absolute atomic E-state index is 10.6. The van der Waals surface area contributed by atoms with Gasteiger partial charge in [-0.2, -0.15) is 0 Å². The fourth-order valence-corrected chi connectivity index (χ4v) is 1.23. The van der Waals surface area contributed by atoms with E-state index in [1.54, 1.807) is 6.92 Å². The van der Waals surface area contributed by atoms with Crippen LogP contribution in [0.15, 0.2) is 0 Å². The molecule has 1 amide bonds. The lowest BCUT2D eigenvalue weighted by Gasteiger charge is -2.13. The Balaban J connectivity index is 3.45. The third-order valence-corrected chi connectivity index (χ3v) is 2.18. The predicted molar refractivity (Wildman–Crippen MR) is 52.0 cm³/mol. The number of nitrogens with one attached hydrogen (secondary N) is 1. The van der Waals surface area contributed by atoms with Gasteiger partial charge in [0.15, 0.2) is 0 Å². The first kappa shape index (κ1) is 11.5. The smallest absolute Gasteiger partial charge is 0.216 e. The van der Waals surface area contributed by atoms with Crippen LogP contribution in [0.3, 0.4) is 0 Å². The Morgan fingerprint density at radius 3 is 2.50 bits per heavy atom. The molecule has 2 heteroatoms. The molecule has 1 atom stereocenters. The summed E-state index contributed by atoms with van der Waals surface area (Å²) in [5, 5.41) is 2.87. The fourth-order valence-electron chi connectivity index (χ4n) is 1.23. The van der Waals surface area contributed by atoms with Gasteiger partial charge in [-0.15, -0.1) is 0 Å². The van der Waals surface area contributed by atoms with Gasteiger partial charge in [0.05, 0.1) is 0 Å². The second-order valence-corrected chi connectivity index (χ2v) is 3.35. The van der Waals surface area contributed by atoms with Crippen LogP contribution < -0.4 is 5.32 Å². The normalized spacial score (nSPS) is 12.6. The monoisotopic (exact) mass is 171 g/mol. The molecule has 0 saturated heterocycles. The van der Waals surface area contributed by atoms with Gasteiger partial charge in [-0.25, -0.2) is 0 Å². The molecule has 0 saturated carbocycles. The average Bonchev–Trinajstić information content (AvgIpc) is 2.05. The van der Waals surface area contributed by atoms with E-state index < -0.39 is 0 Å². The third-order valence-electron chi connectivity index (χ3n) is 2.18. The Hall–Kier alpha value is -0.530. The first-order valence-electron chi connectivity index (χ1n) is 4.95. The molecule has 0 aromatic heterocycles. The van der Waals surface area contributed by atoms with Crippen molar-refractivity contribution in [1.29, 1.82) is 0 Å². The highest BCUT2D eigenvalue weighted by Gasteiger charge is 2.05. The molecule has 0 rings (SSSR count). The van der Waals surface area contributed by atoms with Gasteiger partial charge in [-0.3, -0.25) is 4.79 Å². The molecule has 0 aliphatic rings. The van der Waals surface area contributed by atoms with E-state index in [0.717, 1.165) is 6.54 Å². The zero-order valence-electron chi connectivity index (χ0n) is 8.52. The third kappa shape index (κ3) is 6.20. The molecular weight excluding hydrogens is 150 g/mol. The first-order chi connectivity index (χ1) is 5.70. The van der Waals surface area contributed by atoms with E-state index in [0.29, 0.717) is 5.92 Å². The average molecular weight is 171 g/mol. The fraction of sp³-hybridized carbons (Fsp3) is 0.900. The van der Waals surface area contributed by atoms with Gasteiger partial charge in [0.25, 0.3) is 0 Å². The van der Waals surface area contributed by atoms with Crippen molar-refractivity contribution in [1.82, 2.24) is 5.32 Å². The second kappa shape index (κ2) is 7.14. The number of hydrogen-bond acceptors (Lipinski definition) is 1. The summed E-state index contributed by atoms with van der Waals surface area (Å²) in [6, 6.07) is 0. The summed E-state index contributed by atoms with van der Waals surface area (Å²) in [6.07, 6.45) is 4.93. The van der Waals surface area contributed by atoms with Crippen molar-refractivity contribution in [2.45, 2.75) is 46.5 Å². The van der Waals surface area contributed by atoms with Crippen LogP contribution in [0.25, 0.3) is 0 Å². The van der Waals surface area contributed by atoms with Crippen LogP contribution in [0.2, 0.25) is 0 Å². The van der Waals surface area contributed by atoms with Gasteiger partial charge in [0.2, 0.25) is 5.91 Å². The molecule has 0 aliphatic carbocycles. The molecule has 72 valence electrons. The van der Waals surface area contributed by atoms with Crippen molar-refractivity contribution in [2.24, 2.45) is 5.92 Å². The number of unbranched alkanes of at least 4 members (excludes halogenated alkanes) is 1.